The lowest BCUT2D eigenvalue weighted by molar-refractivity contribution is -0.145. The molecule has 0 aromatic heterocycles. The van der Waals surface area contributed by atoms with Gasteiger partial charge in [0.05, 0.1) is 17.4 Å². The Balaban J connectivity index is 0.000000197. The van der Waals surface area contributed by atoms with Crippen LogP contribution in [-0.4, -0.2) is 39.7 Å². The smallest absolute Gasteiger partial charge is 0.314 e. The Morgan fingerprint density at radius 1 is 1.00 bits per heavy atom. The molecule has 26 heavy (non-hydrogen) atoms. The molecule has 1 fully saturated rings. The summed E-state index contributed by atoms with van der Waals surface area (Å²) in [6.07, 6.45) is 1.35. The number of nitrogens with one attached hydrogen (secondary N) is 1. The second-order valence-electron chi connectivity index (χ2n) is 5.94. The van der Waals surface area contributed by atoms with Crippen LogP contribution >= 0.6 is 0 Å². The lowest BCUT2D eigenvalue weighted by Crippen LogP contribution is -2.45. The normalized spacial score (nSPS) is 16.2. The summed E-state index contributed by atoms with van der Waals surface area (Å²) in [5.74, 6) is -0.699. The van der Waals surface area contributed by atoms with Gasteiger partial charge in [-0.25, -0.2) is 0 Å². The molecule has 0 radical (unpaired) electrons. The maximum Gasteiger partial charge on any atom is 0.314 e. The summed E-state index contributed by atoms with van der Waals surface area (Å²) >= 11 is 0. The second kappa shape index (κ2) is 8.93. The van der Waals surface area contributed by atoms with Gasteiger partial charge in [-0.2, -0.15) is 8.42 Å². The lowest BCUT2D eigenvalue weighted by Gasteiger charge is -2.34. The van der Waals surface area contributed by atoms with E-state index >= 15 is 0 Å². The molecule has 140 valence electrons. The van der Waals surface area contributed by atoms with Gasteiger partial charge in [0.25, 0.3) is 10.1 Å². The van der Waals surface area contributed by atoms with Gasteiger partial charge in [0, 0.05) is 0 Å². The molecular formula is C19H23NO5S. The topological polar surface area (TPSA) is 92.7 Å². The third kappa shape index (κ3) is 4.69. The number of aliphatic carboxylic acids is 1. The van der Waals surface area contributed by atoms with Crippen molar-refractivity contribution in [3.8, 4) is 0 Å². The zero-order valence-corrected chi connectivity index (χ0v) is 15.4. The molecule has 2 aromatic rings. The number of carboxylic acids is 1. The Morgan fingerprint density at radius 3 is 1.96 bits per heavy atom. The van der Waals surface area contributed by atoms with E-state index in [0.717, 1.165) is 25.8 Å². The van der Waals surface area contributed by atoms with Gasteiger partial charge in [-0.1, -0.05) is 48.5 Å². The summed E-state index contributed by atoms with van der Waals surface area (Å²) in [6.45, 7) is 1.56. The van der Waals surface area contributed by atoms with Crippen LogP contribution in [0.1, 0.15) is 18.4 Å². The highest BCUT2D eigenvalue weighted by atomic mass is 32.2. The number of hydrogen-bond acceptors (Lipinski definition) is 5. The van der Waals surface area contributed by atoms with E-state index in [4.69, 9.17) is 0 Å². The van der Waals surface area contributed by atoms with Crippen LogP contribution in [0.4, 0.5) is 0 Å². The molecule has 0 atom stereocenters. The van der Waals surface area contributed by atoms with Crippen LogP contribution in [0, 0.1) is 0 Å². The number of benzene rings is 2. The van der Waals surface area contributed by atoms with E-state index in [1.165, 1.54) is 12.1 Å². The minimum Gasteiger partial charge on any atom is -0.481 e. The molecule has 1 aliphatic rings. The summed E-state index contributed by atoms with van der Waals surface area (Å²) in [6, 6.07) is 17.6. The molecule has 1 heterocycles. The fourth-order valence-corrected chi connectivity index (χ4v) is 3.60. The van der Waals surface area contributed by atoms with E-state index < -0.39 is 21.5 Å². The number of hydrogen-bond donors (Lipinski definition) is 2. The first-order valence-corrected chi connectivity index (χ1v) is 9.68. The average Bonchev–Trinajstić information content (AvgIpc) is 2.70. The molecular weight excluding hydrogens is 354 g/mol. The van der Waals surface area contributed by atoms with E-state index in [9.17, 15) is 18.3 Å². The predicted octanol–water partition coefficient (Wildman–Crippen LogP) is 2.41. The van der Waals surface area contributed by atoms with Crippen molar-refractivity contribution in [3.05, 3.63) is 66.2 Å². The zero-order valence-electron chi connectivity index (χ0n) is 14.6. The van der Waals surface area contributed by atoms with Crippen LogP contribution in [-0.2, 0) is 24.5 Å². The van der Waals surface area contributed by atoms with E-state index in [-0.39, 0.29) is 4.90 Å². The maximum absolute atomic E-state index is 11.4. The van der Waals surface area contributed by atoms with Crippen LogP contribution < -0.4 is 5.32 Å². The van der Waals surface area contributed by atoms with Crippen molar-refractivity contribution in [3.63, 3.8) is 0 Å². The van der Waals surface area contributed by atoms with Gasteiger partial charge in [-0.15, -0.1) is 0 Å². The Morgan fingerprint density at radius 2 is 1.50 bits per heavy atom. The molecule has 6 nitrogen and oxygen atoms in total. The Bertz CT molecular complexity index is 800. The van der Waals surface area contributed by atoms with Crippen molar-refractivity contribution in [2.24, 2.45) is 0 Å². The van der Waals surface area contributed by atoms with Gasteiger partial charge >= 0.3 is 5.97 Å². The highest BCUT2D eigenvalue weighted by Gasteiger charge is 2.40. The Hall–Kier alpha value is -2.22. The molecule has 0 unspecified atom stereocenters. The van der Waals surface area contributed by atoms with Gasteiger partial charge in [-0.3, -0.25) is 8.98 Å². The first kappa shape index (κ1) is 20.1. The number of carbonyl (C=O) groups is 1. The summed E-state index contributed by atoms with van der Waals surface area (Å²) < 4.78 is 26.3. The minimum absolute atomic E-state index is 0.183. The van der Waals surface area contributed by atoms with Crippen molar-refractivity contribution in [1.29, 1.82) is 0 Å². The lowest BCUT2D eigenvalue weighted by atomic mass is 9.73. The van der Waals surface area contributed by atoms with Gasteiger partial charge < -0.3 is 10.4 Å². The van der Waals surface area contributed by atoms with Crippen molar-refractivity contribution in [2.45, 2.75) is 23.2 Å². The highest BCUT2D eigenvalue weighted by molar-refractivity contribution is 7.86. The van der Waals surface area contributed by atoms with Crippen molar-refractivity contribution in [2.75, 3.05) is 20.2 Å². The van der Waals surface area contributed by atoms with Crippen molar-refractivity contribution < 1.29 is 22.5 Å². The Kier molecular flexibility index (Phi) is 6.90. The Labute approximate surface area is 153 Å². The van der Waals surface area contributed by atoms with Gasteiger partial charge in [-0.05, 0) is 43.6 Å². The monoisotopic (exact) mass is 377 g/mol. The fraction of sp³-hybridized carbons (Fsp3) is 0.316. The summed E-state index contributed by atoms with van der Waals surface area (Å²) in [5, 5.41) is 12.6. The summed E-state index contributed by atoms with van der Waals surface area (Å²) in [5.41, 5.74) is 0.256. The summed E-state index contributed by atoms with van der Waals surface area (Å²) in [7, 11) is -2.36. The van der Waals surface area contributed by atoms with Crippen LogP contribution in [0.25, 0.3) is 0 Å². The zero-order chi connectivity index (χ0) is 19.0. The first-order chi connectivity index (χ1) is 12.4. The second-order valence-corrected chi connectivity index (χ2v) is 7.65. The number of carboxylic acid groups (broad SMARTS) is 1. The standard InChI is InChI=1S/C12H15NO2.C7H8O3S/c14-11(15)12(6-8-13-9-7-12)10-4-2-1-3-5-10;1-10-11(8,9)7-5-3-2-4-6-7/h1-5,13H,6-9H2,(H,14,15);2-6H,1H3. The van der Waals surface area contributed by atoms with Crippen LogP contribution in [0.3, 0.4) is 0 Å². The molecule has 3 rings (SSSR count). The number of piperidine rings is 1. The minimum atomic E-state index is -3.50. The molecule has 1 aliphatic heterocycles. The average molecular weight is 377 g/mol. The molecule has 7 heteroatoms. The maximum atomic E-state index is 11.4. The van der Waals surface area contributed by atoms with Crippen molar-refractivity contribution in [1.82, 2.24) is 5.32 Å². The molecule has 1 saturated heterocycles. The SMILES string of the molecule is COS(=O)(=O)c1ccccc1.O=C(O)C1(c2ccccc2)CCNCC1. The van der Waals surface area contributed by atoms with Crippen LogP contribution in [0.5, 0.6) is 0 Å². The molecule has 0 saturated carbocycles. The first-order valence-electron chi connectivity index (χ1n) is 8.28. The quantitative estimate of drug-likeness (QED) is 0.795. The molecule has 0 amide bonds. The fourth-order valence-electron chi connectivity index (χ4n) is 2.92. The van der Waals surface area contributed by atoms with E-state index in [0.29, 0.717) is 12.8 Å². The molecule has 2 N–H and O–H groups in total. The molecule has 2 aromatic carbocycles. The number of rotatable bonds is 4. The molecule has 0 spiro atoms. The van der Waals surface area contributed by atoms with E-state index in [2.05, 4.69) is 9.50 Å². The molecule has 0 bridgehead atoms. The van der Waals surface area contributed by atoms with E-state index in [1.54, 1.807) is 18.2 Å². The van der Waals surface area contributed by atoms with E-state index in [1.807, 2.05) is 30.3 Å². The summed E-state index contributed by atoms with van der Waals surface area (Å²) in [4.78, 5) is 11.6. The van der Waals surface area contributed by atoms with Gasteiger partial charge in [0.1, 0.15) is 0 Å². The third-order valence-corrected chi connectivity index (χ3v) is 5.73. The largest absolute Gasteiger partial charge is 0.481 e. The van der Waals surface area contributed by atoms with Gasteiger partial charge in [0.15, 0.2) is 0 Å². The third-order valence-electron chi connectivity index (χ3n) is 4.44. The highest BCUT2D eigenvalue weighted by Crippen LogP contribution is 2.33. The molecule has 0 aliphatic carbocycles. The predicted molar refractivity (Wildman–Crippen MR) is 98.5 cm³/mol. The van der Waals surface area contributed by atoms with Crippen LogP contribution in [0.15, 0.2) is 65.6 Å². The van der Waals surface area contributed by atoms with Crippen molar-refractivity contribution >= 4 is 16.1 Å². The van der Waals surface area contributed by atoms with Gasteiger partial charge in [0.2, 0.25) is 0 Å². The van der Waals surface area contributed by atoms with Crippen LogP contribution in [0.2, 0.25) is 0 Å².